The Bertz CT molecular complexity index is 375. The van der Waals surface area contributed by atoms with E-state index < -0.39 is 0 Å². The lowest BCUT2D eigenvalue weighted by atomic mass is 9.92. The summed E-state index contributed by atoms with van der Waals surface area (Å²) >= 11 is 0. The molecule has 2 aliphatic heterocycles. The zero-order valence-corrected chi connectivity index (χ0v) is 13.6. The normalized spacial score (nSPS) is 24.7. The van der Waals surface area contributed by atoms with Gasteiger partial charge in [-0.05, 0) is 32.2 Å². The van der Waals surface area contributed by atoms with Gasteiger partial charge in [0.2, 0.25) is 11.8 Å². The zero-order chi connectivity index (χ0) is 15.5. The number of hydrogen-bond acceptors (Lipinski definition) is 3. The number of carbonyl (C=O) groups is 2. The maximum atomic E-state index is 12.2. The molecule has 0 radical (unpaired) electrons. The Balaban J connectivity index is 1.76. The summed E-state index contributed by atoms with van der Waals surface area (Å²) in [6, 6.07) is 0.225. The molecular formula is C16H29N3O2. The number of likely N-dealkylation sites (tertiary alicyclic amines) is 1. The third kappa shape index (κ3) is 4.43. The van der Waals surface area contributed by atoms with Crippen LogP contribution in [-0.2, 0) is 9.59 Å². The van der Waals surface area contributed by atoms with Crippen LogP contribution in [0.2, 0.25) is 0 Å². The van der Waals surface area contributed by atoms with Crippen molar-refractivity contribution < 1.29 is 9.59 Å². The minimum atomic E-state index is -0.316. The molecule has 0 spiro atoms. The Morgan fingerprint density at radius 2 is 1.81 bits per heavy atom. The maximum Gasteiger partial charge on any atom is 0.227 e. The van der Waals surface area contributed by atoms with Crippen molar-refractivity contribution in [2.75, 3.05) is 26.2 Å². The van der Waals surface area contributed by atoms with Crippen LogP contribution in [0.15, 0.2) is 0 Å². The molecular weight excluding hydrogens is 266 g/mol. The van der Waals surface area contributed by atoms with E-state index in [1.54, 1.807) is 0 Å². The predicted molar refractivity (Wildman–Crippen MR) is 82.8 cm³/mol. The van der Waals surface area contributed by atoms with E-state index >= 15 is 0 Å². The largest absolute Gasteiger partial charge is 0.353 e. The van der Waals surface area contributed by atoms with Gasteiger partial charge < -0.3 is 15.5 Å². The first-order chi connectivity index (χ1) is 9.88. The van der Waals surface area contributed by atoms with Crippen molar-refractivity contribution in [3.63, 3.8) is 0 Å². The van der Waals surface area contributed by atoms with E-state index in [-0.39, 0.29) is 29.2 Å². The van der Waals surface area contributed by atoms with Gasteiger partial charge in [0, 0.05) is 31.1 Å². The smallest absolute Gasteiger partial charge is 0.227 e. The highest BCUT2D eigenvalue weighted by atomic mass is 16.2. The molecule has 0 saturated carbocycles. The van der Waals surface area contributed by atoms with Crippen molar-refractivity contribution in [2.45, 2.75) is 52.5 Å². The van der Waals surface area contributed by atoms with E-state index in [1.165, 1.54) is 0 Å². The van der Waals surface area contributed by atoms with Crippen molar-refractivity contribution in [1.82, 2.24) is 15.5 Å². The standard InChI is InChI=1S/C16H29N3O2/c1-16(2,3)15(21)19-9-6-13(7-10-19)18-14(20)12-5-4-8-17-11-12/h12-13,17H,4-11H2,1-3H3,(H,18,20)/t12-/m0/s1. The number of hydrogen-bond donors (Lipinski definition) is 2. The molecule has 0 aromatic rings. The monoisotopic (exact) mass is 295 g/mol. The Morgan fingerprint density at radius 1 is 1.14 bits per heavy atom. The zero-order valence-electron chi connectivity index (χ0n) is 13.6. The van der Waals surface area contributed by atoms with Crippen LogP contribution < -0.4 is 10.6 Å². The molecule has 0 bridgehead atoms. The van der Waals surface area contributed by atoms with Crippen LogP contribution in [0, 0.1) is 11.3 Å². The third-order valence-electron chi connectivity index (χ3n) is 4.44. The lowest BCUT2D eigenvalue weighted by Gasteiger charge is -2.36. The summed E-state index contributed by atoms with van der Waals surface area (Å²) < 4.78 is 0. The summed E-state index contributed by atoms with van der Waals surface area (Å²) in [6.07, 6.45) is 3.80. The SMILES string of the molecule is CC(C)(C)C(=O)N1CCC(NC(=O)[C@H]2CCCNC2)CC1. The number of carbonyl (C=O) groups excluding carboxylic acids is 2. The molecule has 0 aromatic carbocycles. The van der Waals surface area contributed by atoms with Gasteiger partial charge in [0.25, 0.3) is 0 Å². The summed E-state index contributed by atoms with van der Waals surface area (Å²) in [5.74, 6) is 0.513. The maximum absolute atomic E-state index is 12.2. The molecule has 2 aliphatic rings. The van der Waals surface area contributed by atoms with Crippen molar-refractivity contribution in [2.24, 2.45) is 11.3 Å². The van der Waals surface area contributed by atoms with Gasteiger partial charge in [0.15, 0.2) is 0 Å². The Labute approximate surface area is 127 Å². The Kier molecular flexibility index (Phi) is 5.25. The second-order valence-corrected chi connectivity index (χ2v) is 7.37. The molecule has 2 saturated heterocycles. The van der Waals surface area contributed by atoms with Gasteiger partial charge in [-0.25, -0.2) is 0 Å². The van der Waals surface area contributed by atoms with Crippen LogP contribution in [0.3, 0.4) is 0 Å². The lowest BCUT2D eigenvalue weighted by Crippen LogP contribution is -2.51. The molecule has 2 rings (SSSR count). The minimum Gasteiger partial charge on any atom is -0.353 e. The summed E-state index contributed by atoms with van der Waals surface area (Å²) in [5.41, 5.74) is -0.316. The van der Waals surface area contributed by atoms with Gasteiger partial charge >= 0.3 is 0 Å². The first-order valence-electron chi connectivity index (χ1n) is 8.18. The van der Waals surface area contributed by atoms with Gasteiger partial charge in [-0.3, -0.25) is 9.59 Å². The van der Waals surface area contributed by atoms with E-state index in [4.69, 9.17) is 0 Å². The number of amides is 2. The fourth-order valence-electron chi connectivity index (χ4n) is 3.10. The van der Waals surface area contributed by atoms with E-state index in [1.807, 2.05) is 25.7 Å². The number of nitrogens with zero attached hydrogens (tertiary/aromatic N) is 1. The fraction of sp³-hybridized carbons (Fsp3) is 0.875. The van der Waals surface area contributed by atoms with Crippen molar-refractivity contribution in [3.8, 4) is 0 Å². The number of nitrogens with one attached hydrogen (secondary N) is 2. The average Bonchev–Trinajstić information content (AvgIpc) is 2.47. The topological polar surface area (TPSA) is 61.4 Å². The van der Waals surface area contributed by atoms with Gasteiger partial charge in [-0.2, -0.15) is 0 Å². The molecule has 2 heterocycles. The molecule has 1 atom stereocenters. The molecule has 120 valence electrons. The van der Waals surface area contributed by atoms with E-state index in [2.05, 4.69) is 10.6 Å². The first-order valence-corrected chi connectivity index (χ1v) is 8.18. The summed E-state index contributed by atoms with van der Waals surface area (Å²) in [4.78, 5) is 26.4. The first kappa shape index (κ1) is 16.3. The van der Waals surface area contributed by atoms with Crippen LogP contribution in [0.1, 0.15) is 46.5 Å². The fourth-order valence-corrected chi connectivity index (χ4v) is 3.10. The average molecular weight is 295 g/mol. The van der Waals surface area contributed by atoms with Crippen molar-refractivity contribution >= 4 is 11.8 Å². The van der Waals surface area contributed by atoms with Crippen LogP contribution in [0.5, 0.6) is 0 Å². The lowest BCUT2D eigenvalue weighted by molar-refractivity contribution is -0.140. The Morgan fingerprint density at radius 3 is 2.33 bits per heavy atom. The predicted octanol–water partition coefficient (Wildman–Crippen LogP) is 1.14. The van der Waals surface area contributed by atoms with Gasteiger partial charge in [0.1, 0.15) is 0 Å². The second-order valence-electron chi connectivity index (χ2n) is 7.37. The van der Waals surface area contributed by atoms with Gasteiger partial charge in [-0.1, -0.05) is 20.8 Å². The number of rotatable bonds is 2. The van der Waals surface area contributed by atoms with E-state index in [9.17, 15) is 9.59 Å². The third-order valence-corrected chi connectivity index (χ3v) is 4.44. The van der Waals surface area contributed by atoms with Crippen LogP contribution in [0.4, 0.5) is 0 Å². The van der Waals surface area contributed by atoms with Crippen LogP contribution in [-0.4, -0.2) is 48.9 Å². The van der Waals surface area contributed by atoms with E-state index in [0.717, 1.165) is 51.9 Å². The molecule has 2 amide bonds. The molecule has 2 N–H and O–H groups in total. The molecule has 5 nitrogen and oxygen atoms in total. The van der Waals surface area contributed by atoms with Crippen molar-refractivity contribution in [3.05, 3.63) is 0 Å². The highest BCUT2D eigenvalue weighted by molar-refractivity contribution is 5.82. The molecule has 0 unspecified atom stereocenters. The van der Waals surface area contributed by atoms with Crippen LogP contribution >= 0.6 is 0 Å². The summed E-state index contributed by atoms with van der Waals surface area (Å²) in [5, 5.41) is 6.45. The molecule has 21 heavy (non-hydrogen) atoms. The number of piperidine rings is 2. The van der Waals surface area contributed by atoms with Crippen LogP contribution in [0.25, 0.3) is 0 Å². The summed E-state index contributed by atoms with van der Waals surface area (Å²) in [7, 11) is 0. The molecule has 5 heteroatoms. The second kappa shape index (κ2) is 6.77. The van der Waals surface area contributed by atoms with Gasteiger partial charge in [0.05, 0.1) is 5.92 Å². The Hall–Kier alpha value is -1.10. The molecule has 0 aliphatic carbocycles. The molecule has 0 aromatic heterocycles. The van der Waals surface area contributed by atoms with Crippen molar-refractivity contribution in [1.29, 1.82) is 0 Å². The minimum absolute atomic E-state index is 0.119. The van der Waals surface area contributed by atoms with E-state index in [0.29, 0.717) is 0 Å². The molecule has 2 fully saturated rings. The van der Waals surface area contributed by atoms with Gasteiger partial charge in [-0.15, -0.1) is 0 Å². The highest BCUT2D eigenvalue weighted by Crippen LogP contribution is 2.21. The quantitative estimate of drug-likeness (QED) is 0.803. The highest BCUT2D eigenvalue weighted by Gasteiger charge is 2.31. The summed E-state index contributed by atoms with van der Waals surface area (Å²) in [6.45, 7) is 9.20.